The molecule has 0 bridgehead atoms. The number of hydrogen-bond acceptors (Lipinski definition) is 5. The average Bonchev–Trinajstić information content (AvgIpc) is 3.32. The van der Waals surface area contributed by atoms with Crippen LogP contribution in [0.25, 0.3) is 5.69 Å². The summed E-state index contributed by atoms with van der Waals surface area (Å²) in [6, 6.07) is 7.58. The maximum Gasteiger partial charge on any atom is 0.391 e. The summed E-state index contributed by atoms with van der Waals surface area (Å²) in [6.07, 6.45) is -2.22. The van der Waals surface area contributed by atoms with Gasteiger partial charge in [0.1, 0.15) is 11.6 Å². The van der Waals surface area contributed by atoms with Crippen LogP contribution in [0.4, 0.5) is 13.2 Å². The van der Waals surface area contributed by atoms with Crippen molar-refractivity contribution in [3.05, 3.63) is 41.0 Å². The van der Waals surface area contributed by atoms with Crippen molar-refractivity contribution in [2.75, 3.05) is 13.2 Å². The van der Waals surface area contributed by atoms with E-state index in [4.69, 9.17) is 9.47 Å². The highest BCUT2D eigenvalue weighted by Crippen LogP contribution is 2.44. The molecule has 2 aromatic rings. The summed E-state index contributed by atoms with van der Waals surface area (Å²) in [6.45, 7) is 0.964. The normalized spacial score (nSPS) is 25.4. The highest BCUT2D eigenvalue weighted by molar-refractivity contribution is 5.50. The fraction of sp³-hybridized carbons (Fsp3) is 0.571. The molecule has 1 saturated carbocycles. The maximum absolute atomic E-state index is 13.1. The number of rotatable bonds is 1. The van der Waals surface area contributed by atoms with Crippen LogP contribution in [0.5, 0.6) is 0 Å². The van der Waals surface area contributed by atoms with Crippen LogP contribution in [0.2, 0.25) is 0 Å². The van der Waals surface area contributed by atoms with Gasteiger partial charge in [-0.3, -0.25) is 4.57 Å². The Morgan fingerprint density at radius 3 is 2.47 bits per heavy atom. The van der Waals surface area contributed by atoms with Crippen molar-refractivity contribution in [2.45, 2.75) is 56.4 Å². The number of nitriles is 1. The van der Waals surface area contributed by atoms with Crippen LogP contribution >= 0.6 is 0 Å². The Bertz CT molecular complexity index is 997. The first kappa shape index (κ1) is 19.5. The predicted octanol–water partition coefficient (Wildman–Crippen LogP) is 3.82. The van der Waals surface area contributed by atoms with E-state index in [1.807, 2.05) is 16.7 Å². The highest BCUT2D eigenvalue weighted by Gasteiger charge is 2.45. The third-order valence-electron chi connectivity index (χ3n) is 6.46. The van der Waals surface area contributed by atoms with E-state index in [-0.39, 0.29) is 18.8 Å². The Morgan fingerprint density at radius 1 is 1.07 bits per heavy atom. The number of halogens is 3. The van der Waals surface area contributed by atoms with Crippen LogP contribution in [0.15, 0.2) is 18.2 Å². The molecule has 6 nitrogen and oxygen atoms in total. The molecule has 2 aliphatic heterocycles. The van der Waals surface area contributed by atoms with Crippen molar-refractivity contribution < 1.29 is 22.6 Å². The number of aromatic nitrogens is 3. The third kappa shape index (κ3) is 3.28. The van der Waals surface area contributed by atoms with Gasteiger partial charge in [-0.25, -0.2) is 0 Å². The average molecular weight is 418 g/mol. The zero-order chi connectivity index (χ0) is 20.9. The lowest BCUT2D eigenvalue weighted by Crippen LogP contribution is -2.35. The zero-order valence-electron chi connectivity index (χ0n) is 16.3. The summed E-state index contributed by atoms with van der Waals surface area (Å²) in [5, 5.41) is 18.1. The van der Waals surface area contributed by atoms with Gasteiger partial charge in [-0.05, 0) is 49.4 Å². The molecule has 5 rings (SSSR count). The summed E-state index contributed by atoms with van der Waals surface area (Å²) < 4.78 is 53.1. The third-order valence-corrected chi connectivity index (χ3v) is 6.46. The van der Waals surface area contributed by atoms with Crippen molar-refractivity contribution in [1.82, 2.24) is 14.8 Å². The van der Waals surface area contributed by atoms with Gasteiger partial charge in [0.25, 0.3) is 0 Å². The predicted molar refractivity (Wildman–Crippen MR) is 98.9 cm³/mol. The second-order valence-electron chi connectivity index (χ2n) is 8.32. The molecule has 3 heterocycles. The van der Waals surface area contributed by atoms with Gasteiger partial charge in [-0.15, -0.1) is 10.2 Å². The smallest absolute Gasteiger partial charge is 0.347 e. The zero-order valence-corrected chi connectivity index (χ0v) is 16.3. The van der Waals surface area contributed by atoms with E-state index in [1.54, 1.807) is 6.07 Å². The topological polar surface area (TPSA) is 73.0 Å². The molecule has 1 saturated heterocycles. The lowest BCUT2D eigenvalue weighted by atomic mass is 9.81. The second kappa shape index (κ2) is 7.06. The summed E-state index contributed by atoms with van der Waals surface area (Å²) in [7, 11) is 0. The van der Waals surface area contributed by atoms with E-state index >= 15 is 0 Å². The van der Waals surface area contributed by atoms with Crippen LogP contribution in [0.3, 0.4) is 0 Å². The number of nitrogens with zero attached hydrogens (tertiary/aromatic N) is 4. The molecule has 0 unspecified atom stereocenters. The quantitative estimate of drug-likeness (QED) is 0.704. The Kier molecular flexibility index (Phi) is 4.60. The lowest BCUT2D eigenvalue weighted by molar-refractivity contribution is -0.182. The first-order valence-corrected chi connectivity index (χ1v) is 10.2. The number of alkyl halides is 3. The van der Waals surface area contributed by atoms with Crippen molar-refractivity contribution >= 4 is 0 Å². The number of hydrogen-bond donors (Lipinski definition) is 0. The molecule has 1 aromatic heterocycles. The van der Waals surface area contributed by atoms with E-state index in [9.17, 15) is 18.4 Å². The van der Waals surface area contributed by atoms with E-state index in [0.717, 1.165) is 11.3 Å². The van der Waals surface area contributed by atoms with Crippen LogP contribution in [0, 0.1) is 17.2 Å². The molecule has 1 aromatic carbocycles. The van der Waals surface area contributed by atoms with Crippen molar-refractivity contribution in [2.24, 2.45) is 5.92 Å². The molecule has 158 valence electrons. The molecule has 30 heavy (non-hydrogen) atoms. The van der Waals surface area contributed by atoms with Crippen LogP contribution in [-0.4, -0.2) is 39.9 Å². The van der Waals surface area contributed by atoms with E-state index < -0.39 is 17.9 Å². The van der Waals surface area contributed by atoms with Gasteiger partial charge < -0.3 is 9.47 Å². The Morgan fingerprint density at radius 2 is 1.80 bits per heavy atom. The first-order chi connectivity index (χ1) is 14.4. The molecular weight excluding hydrogens is 397 g/mol. The van der Waals surface area contributed by atoms with Gasteiger partial charge in [-0.2, -0.15) is 18.4 Å². The van der Waals surface area contributed by atoms with Gasteiger partial charge in [0, 0.05) is 12.3 Å². The minimum Gasteiger partial charge on any atom is -0.347 e. The van der Waals surface area contributed by atoms with E-state index in [2.05, 4.69) is 16.3 Å². The van der Waals surface area contributed by atoms with E-state index in [1.165, 1.54) is 0 Å². The van der Waals surface area contributed by atoms with Crippen LogP contribution in [-0.2, 0) is 22.3 Å². The summed E-state index contributed by atoms with van der Waals surface area (Å²) in [5.41, 5.74) is 2.27. The number of benzene rings is 1. The molecule has 9 heteroatoms. The molecule has 0 radical (unpaired) electrons. The van der Waals surface area contributed by atoms with Crippen molar-refractivity contribution in [3.8, 4) is 11.8 Å². The van der Waals surface area contributed by atoms with Gasteiger partial charge in [0.05, 0.1) is 42.9 Å². The Balaban J connectivity index is 1.54. The minimum atomic E-state index is -4.14. The standard InChI is InChI=1S/C21H21F3N4O2/c22-21(23,24)16-4-2-14(3-5-16)19-27-26-18-11-20(29-7-8-30-20)10-15-9-13(12-25)1-6-17(15)28(18)19/h1,6,9,14,16H,2-5,7-8,10-11H2. The molecule has 2 fully saturated rings. The first-order valence-electron chi connectivity index (χ1n) is 10.2. The highest BCUT2D eigenvalue weighted by atomic mass is 19.4. The summed E-state index contributed by atoms with van der Waals surface area (Å²) >= 11 is 0. The van der Waals surface area contributed by atoms with E-state index in [0.29, 0.717) is 56.1 Å². The maximum atomic E-state index is 13.1. The molecule has 0 amide bonds. The largest absolute Gasteiger partial charge is 0.391 e. The fourth-order valence-corrected chi connectivity index (χ4v) is 4.96. The molecular formula is C21H21F3N4O2. The molecule has 1 spiro atoms. The number of fused-ring (bicyclic) bond motifs is 3. The summed E-state index contributed by atoms with van der Waals surface area (Å²) in [5.74, 6) is -0.822. The van der Waals surface area contributed by atoms with Gasteiger partial charge >= 0.3 is 6.18 Å². The van der Waals surface area contributed by atoms with Crippen LogP contribution in [0.1, 0.15) is 54.4 Å². The minimum absolute atomic E-state index is 0.0900. The van der Waals surface area contributed by atoms with Gasteiger partial charge in [0.2, 0.25) is 0 Å². The Hall–Kier alpha value is -2.44. The second-order valence-corrected chi connectivity index (χ2v) is 8.32. The summed E-state index contributed by atoms with van der Waals surface area (Å²) in [4.78, 5) is 0. The molecule has 0 N–H and O–H groups in total. The molecule has 1 aliphatic carbocycles. The molecule has 0 atom stereocenters. The SMILES string of the molecule is N#Cc1ccc2c(c1)CC1(Cc3nnc(C4CCC(C(F)(F)F)CC4)n3-2)OCCO1. The number of ether oxygens (including phenoxy) is 2. The van der Waals surface area contributed by atoms with Gasteiger partial charge in [-0.1, -0.05) is 0 Å². The van der Waals surface area contributed by atoms with Gasteiger partial charge in [0.15, 0.2) is 5.79 Å². The molecule has 3 aliphatic rings. The van der Waals surface area contributed by atoms with Crippen molar-refractivity contribution in [1.29, 1.82) is 5.26 Å². The fourth-order valence-electron chi connectivity index (χ4n) is 4.96. The Labute approximate surface area is 171 Å². The monoisotopic (exact) mass is 418 g/mol. The van der Waals surface area contributed by atoms with Crippen molar-refractivity contribution in [3.63, 3.8) is 0 Å². The van der Waals surface area contributed by atoms with Crippen LogP contribution < -0.4 is 0 Å². The lowest BCUT2D eigenvalue weighted by Gasteiger charge is -2.29.